The summed E-state index contributed by atoms with van der Waals surface area (Å²) >= 11 is 0. The molecule has 1 aromatic carbocycles. The maximum absolute atomic E-state index is 12.7. The topological polar surface area (TPSA) is 41.4 Å². The quantitative estimate of drug-likeness (QED) is 0.828. The number of aromatic nitrogens is 2. The second-order valence-electron chi connectivity index (χ2n) is 8.38. The Morgan fingerprint density at radius 1 is 1.08 bits per heavy atom. The van der Waals surface area contributed by atoms with E-state index in [0.29, 0.717) is 5.41 Å². The van der Waals surface area contributed by atoms with Crippen LogP contribution in [0.1, 0.15) is 43.1 Å². The van der Waals surface area contributed by atoms with Gasteiger partial charge in [0.25, 0.3) is 5.91 Å². The number of hydrogen-bond donors (Lipinski definition) is 0. The number of nitrogens with zero attached hydrogens (tertiary/aromatic N) is 4. The first-order chi connectivity index (χ1) is 12.4. The van der Waals surface area contributed by atoms with Crippen molar-refractivity contribution in [1.29, 1.82) is 0 Å². The molecule has 0 N–H and O–H groups in total. The first kappa shape index (κ1) is 18.6. The van der Waals surface area contributed by atoms with E-state index in [1.807, 2.05) is 39.9 Å². The first-order valence-electron chi connectivity index (χ1n) is 9.47. The van der Waals surface area contributed by atoms with Crippen LogP contribution in [0.3, 0.4) is 0 Å². The van der Waals surface area contributed by atoms with E-state index in [1.54, 1.807) is 12.5 Å². The summed E-state index contributed by atoms with van der Waals surface area (Å²) < 4.78 is 2.02. The molecule has 0 aliphatic carbocycles. The molecule has 2 aromatic rings. The fraction of sp³-hybridized carbons (Fsp3) is 0.524. The normalized spacial score (nSPS) is 16.0. The van der Waals surface area contributed by atoms with Crippen molar-refractivity contribution in [2.75, 3.05) is 32.7 Å². The Bertz CT molecular complexity index is 693. The van der Waals surface area contributed by atoms with E-state index in [2.05, 4.69) is 30.7 Å². The summed E-state index contributed by atoms with van der Waals surface area (Å²) in [5.74, 6) is 0.148. The van der Waals surface area contributed by atoms with Crippen molar-refractivity contribution < 1.29 is 4.79 Å². The van der Waals surface area contributed by atoms with Crippen molar-refractivity contribution in [1.82, 2.24) is 19.4 Å². The van der Waals surface area contributed by atoms with E-state index < -0.39 is 0 Å². The maximum atomic E-state index is 12.7. The van der Waals surface area contributed by atoms with Crippen molar-refractivity contribution in [3.63, 3.8) is 0 Å². The summed E-state index contributed by atoms with van der Waals surface area (Å²) in [5.41, 5.74) is 2.32. The Labute approximate surface area is 156 Å². The van der Waals surface area contributed by atoms with Crippen molar-refractivity contribution in [2.24, 2.45) is 5.41 Å². The molecular weight excluding hydrogens is 324 g/mol. The highest BCUT2D eigenvalue weighted by Crippen LogP contribution is 2.19. The Balaban J connectivity index is 1.50. The standard InChI is InChI=1S/C21H30N4O/c1-21(2,3)8-10-23-12-14-25(15-13-23)20(26)19-6-4-18(5-7-19)16-24-11-9-22-17-24/h4-7,9,11,17H,8,10,12-16H2,1-3H3. The fourth-order valence-electron chi connectivity index (χ4n) is 3.19. The third-order valence-electron chi connectivity index (χ3n) is 4.96. The highest BCUT2D eigenvalue weighted by Gasteiger charge is 2.23. The third kappa shape index (κ3) is 5.18. The van der Waals surface area contributed by atoms with Gasteiger partial charge in [-0.3, -0.25) is 9.69 Å². The monoisotopic (exact) mass is 354 g/mol. The predicted molar refractivity (Wildman–Crippen MR) is 104 cm³/mol. The van der Waals surface area contributed by atoms with Gasteiger partial charge in [-0.2, -0.15) is 0 Å². The van der Waals surface area contributed by atoms with Gasteiger partial charge < -0.3 is 9.47 Å². The molecule has 1 aliphatic heterocycles. The number of hydrogen-bond acceptors (Lipinski definition) is 3. The van der Waals surface area contributed by atoms with E-state index in [0.717, 1.165) is 44.8 Å². The molecule has 1 aromatic heterocycles. The number of imidazole rings is 1. The smallest absolute Gasteiger partial charge is 0.253 e. The van der Waals surface area contributed by atoms with Crippen LogP contribution in [-0.2, 0) is 6.54 Å². The summed E-state index contributed by atoms with van der Waals surface area (Å²) in [5, 5.41) is 0. The molecule has 1 fully saturated rings. The summed E-state index contributed by atoms with van der Waals surface area (Å²) in [6, 6.07) is 7.96. The van der Waals surface area contributed by atoms with E-state index >= 15 is 0 Å². The molecule has 0 unspecified atom stereocenters. The lowest BCUT2D eigenvalue weighted by Gasteiger charge is -2.36. The molecule has 3 rings (SSSR count). The number of rotatable bonds is 5. The van der Waals surface area contributed by atoms with E-state index in [1.165, 1.54) is 12.0 Å². The molecule has 26 heavy (non-hydrogen) atoms. The number of carbonyl (C=O) groups excluding carboxylic acids is 1. The summed E-state index contributed by atoms with van der Waals surface area (Å²) in [7, 11) is 0. The molecule has 140 valence electrons. The van der Waals surface area contributed by atoms with Gasteiger partial charge in [-0.25, -0.2) is 4.98 Å². The third-order valence-corrected chi connectivity index (χ3v) is 4.96. The van der Waals surface area contributed by atoms with E-state index in [-0.39, 0.29) is 5.91 Å². The average molecular weight is 354 g/mol. The molecule has 0 atom stereocenters. The van der Waals surface area contributed by atoms with Gasteiger partial charge in [0.15, 0.2) is 0 Å². The zero-order valence-electron chi connectivity index (χ0n) is 16.2. The van der Waals surface area contributed by atoms with Gasteiger partial charge >= 0.3 is 0 Å². The van der Waals surface area contributed by atoms with Crippen LogP contribution in [0.25, 0.3) is 0 Å². The lowest BCUT2D eigenvalue weighted by atomic mass is 9.92. The minimum atomic E-state index is 0.148. The molecule has 2 heterocycles. The Morgan fingerprint density at radius 2 is 1.77 bits per heavy atom. The molecule has 1 amide bonds. The number of carbonyl (C=O) groups is 1. The van der Waals surface area contributed by atoms with Crippen LogP contribution in [0.5, 0.6) is 0 Å². The first-order valence-corrected chi connectivity index (χ1v) is 9.47. The fourth-order valence-corrected chi connectivity index (χ4v) is 3.19. The van der Waals surface area contributed by atoms with Crippen molar-refractivity contribution in [3.8, 4) is 0 Å². The summed E-state index contributed by atoms with van der Waals surface area (Å²) in [6.07, 6.45) is 6.72. The van der Waals surface area contributed by atoms with Crippen LogP contribution in [0.15, 0.2) is 43.0 Å². The second-order valence-corrected chi connectivity index (χ2v) is 8.38. The highest BCUT2D eigenvalue weighted by molar-refractivity contribution is 5.94. The molecular formula is C21H30N4O. The lowest BCUT2D eigenvalue weighted by Crippen LogP contribution is -2.49. The van der Waals surface area contributed by atoms with Crippen molar-refractivity contribution >= 4 is 5.91 Å². The minimum absolute atomic E-state index is 0.148. The lowest BCUT2D eigenvalue weighted by molar-refractivity contribution is 0.0623. The largest absolute Gasteiger partial charge is 0.336 e. The van der Waals surface area contributed by atoms with E-state index in [9.17, 15) is 4.79 Å². The Hall–Kier alpha value is -2.14. The Morgan fingerprint density at radius 3 is 2.35 bits per heavy atom. The maximum Gasteiger partial charge on any atom is 0.253 e. The van der Waals surface area contributed by atoms with Gasteiger partial charge in [-0.1, -0.05) is 32.9 Å². The molecule has 0 radical (unpaired) electrons. The SMILES string of the molecule is CC(C)(C)CCN1CCN(C(=O)c2ccc(Cn3ccnc3)cc2)CC1. The molecule has 0 saturated carbocycles. The van der Waals surface area contributed by atoms with Crippen LogP contribution in [0, 0.1) is 5.41 Å². The predicted octanol–water partition coefficient (Wildman–Crippen LogP) is 3.13. The molecule has 1 saturated heterocycles. The molecule has 0 bridgehead atoms. The van der Waals surface area contributed by atoms with Gasteiger partial charge in [0.05, 0.1) is 6.33 Å². The second kappa shape index (κ2) is 8.04. The molecule has 5 heteroatoms. The molecule has 5 nitrogen and oxygen atoms in total. The summed E-state index contributed by atoms with van der Waals surface area (Å²) in [6.45, 7) is 12.3. The summed E-state index contributed by atoms with van der Waals surface area (Å²) in [4.78, 5) is 21.3. The van der Waals surface area contributed by atoms with Crippen LogP contribution in [0.2, 0.25) is 0 Å². The minimum Gasteiger partial charge on any atom is -0.336 e. The highest BCUT2D eigenvalue weighted by atomic mass is 16.2. The molecule has 0 spiro atoms. The zero-order chi connectivity index (χ0) is 18.6. The van der Waals surface area contributed by atoms with Crippen LogP contribution in [-0.4, -0.2) is 58.0 Å². The van der Waals surface area contributed by atoms with Crippen LogP contribution in [0.4, 0.5) is 0 Å². The number of amides is 1. The Kier molecular flexibility index (Phi) is 5.77. The van der Waals surface area contributed by atoms with Crippen molar-refractivity contribution in [3.05, 3.63) is 54.1 Å². The number of benzene rings is 1. The van der Waals surface area contributed by atoms with Crippen molar-refractivity contribution in [2.45, 2.75) is 33.7 Å². The van der Waals surface area contributed by atoms with Gasteiger partial charge in [0.1, 0.15) is 0 Å². The van der Waals surface area contributed by atoms with E-state index in [4.69, 9.17) is 0 Å². The number of piperazine rings is 1. The average Bonchev–Trinajstić information content (AvgIpc) is 3.13. The van der Waals surface area contributed by atoms with Gasteiger partial charge in [-0.15, -0.1) is 0 Å². The van der Waals surface area contributed by atoms with Gasteiger partial charge in [0, 0.05) is 50.7 Å². The molecule has 1 aliphatic rings. The van der Waals surface area contributed by atoms with Gasteiger partial charge in [-0.05, 0) is 36.1 Å². The van der Waals surface area contributed by atoms with Gasteiger partial charge in [0.2, 0.25) is 0 Å². The van der Waals surface area contributed by atoms with Crippen LogP contribution >= 0.6 is 0 Å². The van der Waals surface area contributed by atoms with Crippen LogP contribution < -0.4 is 0 Å². The zero-order valence-corrected chi connectivity index (χ0v) is 16.2.